The van der Waals surface area contributed by atoms with Crippen LogP contribution in [0.5, 0.6) is 0 Å². The van der Waals surface area contributed by atoms with E-state index in [1.165, 1.54) is 12.1 Å². The van der Waals surface area contributed by atoms with Gasteiger partial charge >= 0.3 is 0 Å². The smallest absolute Gasteiger partial charge is 0.269 e. The Balaban J connectivity index is 1.58. The molecule has 0 saturated carbocycles. The second-order valence-corrected chi connectivity index (χ2v) is 10.8. The predicted octanol–water partition coefficient (Wildman–Crippen LogP) is 4.85. The van der Waals surface area contributed by atoms with E-state index in [0.717, 1.165) is 27.6 Å². The predicted molar refractivity (Wildman–Crippen MR) is 147 cm³/mol. The van der Waals surface area contributed by atoms with Crippen molar-refractivity contribution < 1.29 is 18.4 Å². The molecule has 4 aromatic rings. The van der Waals surface area contributed by atoms with Gasteiger partial charge in [0.05, 0.1) is 28.2 Å². The van der Waals surface area contributed by atoms with Crippen molar-refractivity contribution in [3.05, 3.63) is 137 Å². The molecule has 4 aromatic carbocycles. The highest BCUT2D eigenvalue weighted by Crippen LogP contribution is 2.26. The number of rotatable bonds is 12. The summed E-state index contributed by atoms with van der Waals surface area (Å²) in [6.07, 6.45) is -1.02. The maximum absolute atomic E-state index is 13.6. The summed E-state index contributed by atoms with van der Waals surface area (Å²) in [6.45, 7) is 1.19. The molecule has 8 nitrogen and oxygen atoms in total. The van der Waals surface area contributed by atoms with Crippen molar-refractivity contribution in [1.29, 1.82) is 0 Å². The summed E-state index contributed by atoms with van der Waals surface area (Å²) in [5, 5.41) is 22.2. The molecule has 0 bridgehead atoms. The fraction of sp³-hybridized carbons (Fsp3) is 0.172. The summed E-state index contributed by atoms with van der Waals surface area (Å²) in [7, 11) is -4.11. The van der Waals surface area contributed by atoms with Crippen LogP contribution in [0.4, 0.5) is 11.4 Å². The molecule has 0 aromatic heterocycles. The number of benzene rings is 4. The first-order valence-electron chi connectivity index (χ1n) is 12.1. The second kappa shape index (κ2) is 12.5. The lowest BCUT2D eigenvalue weighted by Crippen LogP contribution is -2.42. The fourth-order valence-corrected chi connectivity index (χ4v) is 5.72. The standard InChI is InChI=1S/C29H29N3O5S/c33-28(22-30(20-24-10-4-1-5-11-24)21-25-12-6-2-7-13-25)23-31(26-14-8-3-9-15-26)38(36,37)29-18-16-27(17-19-29)32(34)35/h1-19,28,33H,20-23H2. The third kappa shape index (κ3) is 7.04. The van der Waals surface area contributed by atoms with Gasteiger partial charge in [0.15, 0.2) is 0 Å². The zero-order valence-corrected chi connectivity index (χ0v) is 21.5. The summed E-state index contributed by atoms with van der Waals surface area (Å²) in [4.78, 5) is 12.4. The maximum atomic E-state index is 13.6. The Labute approximate surface area is 222 Å². The summed E-state index contributed by atoms with van der Waals surface area (Å²) in [5.41, 5.74) is 2.35. The molecule has 0 spiro atoms. The maximum Gasteiger partial charge on any atom is 0.269 e. The van der Waals surface area contributed by atoms with E-state index < -0.39 is 21.1 Å². The molecule has 0 fully saturated rings. The lowest BCUT2D eigenvalue weighted by molar-refractivity contribution is -0.384. The van der Waals surface area contributed by atoms with Crippen LogP contribution in [0, 0.1) is 10.1 Å². The van der Waals surface area contributed by atoms with Crippen molar-refractivity contribution in [2.75, 3.05) is 17.4 Å². The fourth-order valence-electron chi connectivity index (χ4n) is 4.22. The SMILES string of the molecule is O=[N+]([O-])c1ccc(S(=O)(=O)N(CC(O)CN(Cc2ccccc2)Cc2ccccc2)c2ccccc2)cc1. The third-order valence-corrected chi connectivity index (χ3v) is 7.83. The Hall–Kier alpha value is -4.05. The van der Waals surface area contributed by atoms with Crippen molar-refractivity contribution >= 4 is 21.4 Å². The number of hydrogen-bond acceptors (Lipinski definition) is 6. The number of hydrogen-bond donors (Lipinski definition) is 1. The average Bonchev–Trinajstić information content (AvgIpc) is 2.93. The minimum atomic E-state index is -4.11. The number of nitrogens with zero attached hydrogens (tertiary/aromatic N) is 3. The van der Waals surface area contributed by atoms with E-state index in [4.69, 9.17) is 0 Å². The van der Waals surface area contributed by atoms with Gasteiger partial charge in [-0.25, -0.2) is 8.42 Å². The summed E-state index contributed by atoms with van der Waals surface area (Å²) < 4.78 is 28.5. The number of aliphatic hydroxyl groups excluding tert-OH is 1. The Bertz CT molecular complexity index is 1380. The van der Waals surface area contributed by atoms with E-state index in [1.807, 2.05) is 60.7 Å². The van der Waals surface area contributed by atoms with E-state index in [-0.39, 0.29) is 23.7 Å². The molecule has 0 radical (unpaired) electrons. The van der Waals surface area contributed by atoms with E-state index in [9.17, 15) is 23.6 Å². The van der Waals surface area contributed by atoms with Gasteiger partial charge in [-0.1, -0.05) is 78.9 Å². The highest BCUT2D eigenvalue weighted by Gasteiger charge is 2.28. The van der Waals surface area contributed by atoms with Crippen LogP contribution in [0.1, 0.15) is 11.1 Å². The van der Waals surface area contributed by atoms with Crippen LogP contribution >= 0.6 is 0 Å². The zero-order chi connectivity index (χ0) is 27.0. The first kappa shape index (κ1) is 27.0. The second-order valence-electron chi connectivity index (χ2n) is 8.92. The molecule has 4 rings (SSSR count). The molecule has 0 saturated heterocycles. The van der Waals surface area contributed by atoms with Crippen LogP contribution < -0.4 is 4.31 Å². The summed E-state index contributed by atoms with van der Waals surface area (Å²) in [5.74, 6) is 0. The van der Waals surface area contributed by atoms with Crippen LogP contribution in [0.2, 0.25) is 0 Å². The number of nitro benzene ring substituents is 1. The highest BCUT2D eigenvalue weighted by atomic mass is 32.2. The Kier molecular flexibility index (Phi) is 8.85. The van der Waals surface area contributed by atoms with Crippen LogP contribution in [-0.2, 0) is 23.1 Å². The lowest BCUT2D eigenvalue weighted by atomic mass is 10.1. The van der Waals surface area contributed by atoms with Gasteiger partial charge in [0.25, 0.3) is 15.7 Å². The Morgan fingerprint density at radius 1 is 0.711 bits per heavy atom. The molecule has 1 atom stereocenters. The van der Waals surface area contributed by atoms with E-state index in [0.29, 0.717) is 18.8 Å². The third-order valence-electron chi connectivity index (χ3n) is 6.02. The van der Waals surface area contributed by atoms with Crippen LogP contribution in [0.25, 0.3) is 0 Å². The zero-order valence-electron chi connectivity index (χ0n) is 20.7. The topological polar surface area (TPSA) is 104 Å². The van der Waals surface area contributed by atoms with Gasteiger partial charge in [-0.2, -0.15) is 0 Å². The van der Waals surface area contributed by atoms with Crippen molar-refractivity contribution in [2.45, 2.75) is 24.1 Å². The molecule has 0 aliphatic rings. The molecule has 0 aliphatic carbocycles. The number of sulfonamides is 1. The van der Waals surface area contributed by atoms with Crippen molar-refractivity contribution in [1.82, 2.24) is 4.90 Å². The van der Waals surface area contributed by atoms with Gasteiger partial charge < -0.3 is 5.11 Å². The van der Waals surface area contributed by atoms with E-state index >= 15 is 0 Å². The summed E-state index contributed by atoms with van der Waals surface area (Å²) >= 11 is 0. The highest BCUT2D eigenvalue weighted by molar-refractivity contribution is 7.92. The number of nitro groups is 1. The molecule has 1 unspecified atom stereocenters. The molecule has 38 heavy (non-hydrogen) atoms. The van der Waals surface area contributed by atoms with Crippen molar-refractivity contribution in [3.8, 4) is 0 Å². The number of aliphatic hydroxyl groups is 1. The van der Waals surface area contributed by atoms with Crippen LogP contribution in [-0.4, -0.2) is 42.5 Å². The molecular formula is C29H29N3O5S. The first-order chi connectivity index (χ1) is 18.3. The molecule has 0 heterocycles. The molecule has 0 amide bonds. The average molecular weight is 532 g/mol. The molecule has 0 aliphatic heterocycles. The monoisotopic (exact) mass is 531 g/mol. The van der Waals surface area contributed by atoms with Gasteiger partial charge in [0.1, 0.15) is 0 Å². The lowest BCUT2D eigenvalue weighted by Gasteiger charge is -2.30. The molecular weight excluding hydrogens is 502 g/mol. The van der Waals surface area contributed by atoms with E-state index in [2.05, 4.69) is 4.90 Å². The molecule has 9 heteroatoms. The Morgan fingerprint density at radius 2 is 1.18 bits per heavy atom. The largest absolute Gasteiger partial charge is 0.390 e. The minimum absolute atomic E-state index is 0.0930. The van der Waals surface area contributed by atoms with Crippen molar-refractivity contribution in [3.63, 3.8) is 0 Å². The normalized spacial score (nSPS) is 12.3. The van der Waals surface area contributed by atoms with Gasteiger partial charge in [0, 0.05) is 31.8 Å². The Morgan fingerprint density at radius 3 is 1.66 bits per heavy atom. The van der Waals surface area contributed by atoms with Gasteiger partial charge in [-0.15, -0.1) is 0 Å². The number of para-hydroxylation sites is 1. The molecule has 1 N–H and O–H groups in total. The van der Waals surface area contributed by atoms with Gasteiger partial charge in [-0.3, -0.25) is 19.3 Å². The van der Waals surface area contributed by atoms with Crippen LogP contribution in [0.3, 0.4) is 0 Å². The number of anilines is 1. The van der Waals surface area contributed by atoms with Gasteiger partial charge in [-0.05, 0) is 35.4 Å². The van der Waals surface area contributed by atoms with Crippen molar-refractivity contribution in [2.24, 2.45) is 0 Å². The molecule has 196 valence electrons. The number of non-ortho nitro benzene ring substituents is 1. The summed E-state index contributed by atoms with van der Waals surface area (Å²) in [6, 6.07) is 33.1. The first-order valence-corrected chi connectivity index (χ1v) is 13.6. The quantitative estimate of drug-likeness (QED) is 0.207. The van der Waals surface area contributed by atoms with Crippen LogP contribution in [0.15, 0.2) is 120 Å². The van der Waals surface area contributed by atoms with E-state index in [1.54, 1.807) is 30.3 Å². The minimum Gasteiger partial charge on any atom is -0.390 e. The van der Waals surface area contributed by atoms with Gasteiger partial charge in [0.2, 0.25) is 0 Å².